The second-order valence-electron chi connectivity index (χ2n) is 7.32. The summed E-state index contributed by atoms with van der Waals surface area (Å²) in [5, 5.41) is 7.17. The molecule has 3 aromatic rings. The number of aromatic nitrogens is 3. The highest BCUT2D eigenvalue weighted by molar-refractivity contribution is 6.42. The Labute approximate surface area is 195 Å². The minimum Gasteiger partial charge on any atom is -0.345 e. The van der Waals surface area contributed by atoms with Crippen LogP contribution in [0.3, 0.4) is 0 Å². The Morgan fingerprint density at radius 3 is 2.25 bits per heavy atom. The summed E-state index contributed by atoms with van der Waals surface area (Å²) >= 11 is 12.1. The van der Waals surface area contributed by atoms with Crippen molar-refractivity contribution < 1.29 is 14.4 Å². The average Bonchev–Trinajstić information content (AvgIpc) is 3.20. The van der Waals surface area contributed by atoms with E-state index in [-0.39, 0.29) is 18.3 Å². The molecular weight excluding hydrogens is 453 g/mol. The predicted molar refractivity (Wildman–Crippen MR) is 122 cm³/mol. The first-order valence-corrected chi connectivity index (χ1v) is 10.4. The topological polar surface area (TPSA) is 99.3 Å². The van der Waals surface area contributed by atoms with Gasteiger partial charge in [0.1, 0.15) is 5.82 Å². The van der Waals surface area contributed by atoms with Gasteiger partial charge in [-0.05, 0) is 48.9 Å². The third kappa shape index (κ3) is 5.52. The number of amides is 2. The fourth-order valence-electron chi connectivity index (χ4n) is 2.97. The van der Waals surface area contributed by atoms with Gasteiger partial charge < -0.3 is 9.80 Å². The highest BCUT2D eigenvalue weighted by Crippen LogP contribution is 2.26. The number of halogens is 2. The molecule has 1 aromatic heterocycles. The molecule has 0 fully saturated rings. The summed E-state index contributed by atoms with van der Waals surface area (Å²) in [6.07, 6.45) is -0.420. The average molecular weight is 474 g/mol. The van der Waals surface area contributed by atoms with E-state index in [0.717, 1.165) is 5.56 Å². The minimum atomic E-state index is -0.502. The van der Waals surface area contributed by atoms with E-state index in [1.54, 1.807) is 63.5 Å². The van der Waals surface area contributed by atoms with E-state index >= 15 is 0 Å². The number of nitrogens with one attached hydrogen (secondary N) is 1. The van der Waals surface area contributed by atoms with Crippen molar-refractivity contribution >= 4 is 46.5 Å². The van der Waals surface area contributed by atoms with E-state index in [9.17, 15) is 14.4 Å². The molecule has 8 nitrogen and oxygen atoms in total. The Hall–Kier alpha value is -3.23. The maximum atomic E-state index is 13.1. The van der Waals surface area contributed by atoms with Crippen molar-refractivity contribution in [1.29, 1.82) is 0 Å². The van der Waals surface area contributed by atoms with Gasteiger partial charge in [-0.25, -0.2) is 4.98 Å². The zero-order valence-corrected chi connectivity index (χ0v) is 19.2. The summed E-state index contributed by atoms with van der Waals surface area (Å²) in [6.45, 7) is 1.82. The van der Waals surface area contributed by atoms with Gasteiger partial charge in [-0.1, -0.05) is 29.3 Å². The first kappa shape index (κ1) is 23.4. The Bertz CT molecular complexity index is 1160. The lowest BCUT2D eigenvalue weighted by Gasteiger charge is -2.23. The molecule has 0 bridgehead atoms. The third-order valence-electron chi connectivity index (χ3n) is 4.62. The molecule has 0 spiro atoms. The number of aromatic amines is 1. The summed E-state index contributed by atoms with van der Waals surface area (Å²) in [5.74, 6) is -0.672. The van der Waals surface area contributed by atoms with Crippen LogP contribution in [0.5, 0.6) is 0 Å². The van der Waals surface area contributed by atoms with E-state index in [2.05, 4.69) is 15.2 Å². The molecule has 0 unspecified atom stereocenters. The van der Waals surface area contributed by atoms with E-state index in [0.29, 0.717) is 27.1 Å². The van der Waals surface area contributed by atoms with E-state index in [4.69, 9.17) is 23.2 Å². The summed E-state index contributed by atoms with van der Waals surface area (Å²) in [7, 11) is 3.32. The second-order valence-corrected chi connectivity index (χ2v) is 8.13. The zero-order chi connectivity index (χ0) is 23.4. The van der Waals surface area contributed by atoms with Gasteiger partial charge in [0.15, 0.2) is 0 Å². The standard InChI is InChI=1S/C22H21Cl2N5O3/c1-13-25-21(27-26-13)19(30)11-20(31)29(12-14-4-9-17(23)18(24)10-14)16-7-5-15(6-8-16)22(32)28(2)3/h4-10H,11-12H2,1-3H3,(H,25,26,27). The Balaban J connectivity index is 1.89. The van der Waals surface area contributed by atoms with Crippen molar-refractivity contribution in [3.8, 4) is 0 Å². The normalized spacial score (nSPS) is 10.7. The number of hydrogen-bond acceptors (Lipinski definition) is 5. The van der Waals surface area contributed by atoms with Crippen molar-refractivity contribution in [2.45, 2.75) is 19.9 Å². The first-order valence-electron chi connectivity index (χ1n) is 9.64. The van der Waals surface area contributed by atoms with Gasteiger partial charge >= 0.3 is 0 Å². The molecule has 0 aliphatic carbocycles. The smallest absolute Gasteiger partial charge is 0.253 e. The van der Waals surface area contributed by atoms with Crippen molar-refractivity contribution in [3.63, 3.8) is 0 Å². The molecule has 32 heavy (non-hydrogen) atoms. The molecule has 0 aliphatic heterocycles. The number of rotatable bonds is 7. The Kier molecular flexibility index (Phi) is 7.27. The molecule has 1 N–H and O–H groups in total. The molecule has 1 heterocycles. The molecule has 0 atom stereocenters. The molecule has 0 saturated carbocycles. The van der Waals surface area contributed by atoms with Gasteiger partial charge in [0.05, 0.1) is 23.0 Å². The highest BCUT2D eigenvalue weighted by Gasteiger charge is 2.23. The van der Waals surface area contributed by atoms with Crippen LogP contribution < -0.4 is 4.90 Å². The van der Waals surface area contributed by atoms with Gasteiger partial charge in [-0.2, -0.15) is 5.10 Å². The molecule has 2 amide bonds. The number of hydrogen-bond donors (Lipinski definition) is 1. The summed E-state index contributed by atoms with van der Waals surface area (Å²) < 4.78 is 0. The lowest BCUT2D eigenvalue weighted by molar-refractivity contribution is -0.117. The van der Waals surface area contributed by atoms with Crippen LogP contribution in [0.1, 0.15) is 38.8 Å². The van der Waals surface area contributed by atoms with Crippen molar-refractivity contribution in [2.24, 2.45) is 0 Å². The van der Waals surface area contributed by atoms with Crippen LogP contribution in [0.15, 0.2) is 42.5 Å². The highest BCUT2D eigenvalue weighted by atomic mass is 35.5. The number of H-pyrrole nitrogens is 1. The van der Waals surface area contributed by atoms with Crippen LogP contribution in [-0.2, 0) is 11.3 Å². The lowest BCUT2D eigenvalue weighted by Crippen LogP contribution is -2.32. The molecule has 10 heteroatoms. The zero-order valence-electron chi connectivity index (χ0n) is 17.7. The van der Waals surface area contributed by atoms with Crippen LogP contribution >= 0.6 is 23.2 Å². The van der Waals surface area contributed by atoms with E-state index in [1.807, 2.05) is 0 Å². The number of anilines is 1. The molecule has 2 aromatic carbocycles. The van der Waals surface area contributed by atoms with Gasteiger partial charge in [0, 0.05) is 25.3 Å². The maximum Gasteiger partial charge on any atom is 0.253 e. The van der Waals surface area contributed by atoms with Crippen molar-refractivity contribution in [3.05, 3.63) is 75.3 Å². The lowest BCUT2D eigenvalue weighted by atomic mass is 10.1. The van der Waals surface area contributed by atoms with Crippen molar-refractivity contribution in [2.75, 3.05) is 19.0 Å². The van der Waals surface area contributed by atoms with Gasteiger partial charge in [-0.3, -0.25) is 19.5 Å². The molecular formula is C22H21Cl2N5O3. The minimum absolute atomic E-state index is 0.0442. The fraction of sp³-hybridized carbons (Fsp3) is 0.227. The van der Waals surface area contributed by atoms with E-state index < -0.39 is 18.1 Å². The summed E-state index contributed by atoms with van der Waals surface area (Å²) in [4.78, 5) is 44.7. The molecule has 166 valence electrons. The molecule has 0 radical (unpaired) electrons. The molecule has 0 saturated heterocycles. The number of benzene rings is 2. The largest absolute Gasteiger partial charge is 0.345 e. The van der Waals surface area contributed by atoms with Gasteiger partial charge in [0.25, 0.3) is 5.91 Å². The number of aryl methyl sites for hydroxylation is 1. The molecule has 0 aliphatic rings. The second kappa shape index (κ2) is 9.93. The number of carbonyl (C=O) groups excluding carboxylic acids is 3. The fourth-order valence-corrected chi connectivity index (χ4v) is 3.29. The Morgan fingerprint density at radius 1 is 1.00 bits per heavy atom. The Morgan fingerprint density at radius 2 is 1.69 bits per heavy atom. The van der Waals surface area contributed by atoms with Gasteiger partial charge in [0.2, 0.25) is 17.5 Å². The predicted octanol–water partition coefficient (Wildman–Crippen LogP) is 3.93. The molecule has 3 rings (SSSR count). The number of carbonyl (C=O) groups is 3. The monoisotopic (exact) mass is 473 g/mol. The van der Waals surface area contributed by atoms with E-state index in [1.165, 1.54) is 9.80 Å². The van der Waals surface area contributed by atoms with Crippen LogP contribution in [0, 0.1) is 6.92 Å². The van der Waals surface area contributed by atoms with Crippen LogP contribution in [0.25, 0.3) is 0 Å². The quantitative estimate of drug-likeness (QED) is 0.413. The number of ketones is 1. The first-order chi connectivity index (χ1) is 15.2. The van der Waals surface area contributed by atoms with Crippen LogP contribution in [0.2, 0.25) is 10.0 Å². The van der Waals surface area contributed by atoms with Crippen molar-refractivity contribution in [1.82, 2.24) is 20.1 Å². The van der Waals surface area contributed by atoms with Crippen LogP contribution in [-0.4, -0.2) is 51.8 Å². The number of Topliss-reactive ketones (excluding diaryl/α,β-unsaturated/α-hetero) is 1. The maximum absolute atomic E-state index is 13.1. The SMILES string of the molecule is Cc1nc(C(=O)CC(=O)N(Cc2ccc(Cl)c(Cl)c2)c2ccc(C(=O)N(C)C)cc2)n[nH]1. The summed E-state index contributed by atoms with van der Waals surface area (Å²) in [5.41, 5.74) is 1.73. The van der Waals surface area contributed by atoms with Gasteiger partial charge in [-0.15, -0.1) is 0 Å². The third-order valence-corrected chi connectivity index (χ3v) is 5.36. The number of nitrogens with zero attached hydrogens (tertiary/aromatic N) is 4. The summed E-state index contributed by atoms with van der Waals surface area (Å²) in [6, 6.07) is 11.6. The van der Waals surface area contributed by atoms with Crippen LogP contribution in [0.4, 0.5) is 5.69 Å².